The molecule has 1 amide bonds. The molecule has 0 bridgehead atoms. The highest BCUT2D eigenvalue weighted by molar-refractivity contribution is 5.82. The van der Waals surface area contributed by atoms with E-state index in [1.807, 2.05) is 6.92 Å². The summed E-state index contributed by atoms with van der Waals surface area (Å²) in [5, 5.41) is 5.72. The van der Waals surface area contributed by atoms with Gasteiger partial charge < -0.3 is 10.6 Å². The first kappa shape index (κ1) is 13.0. The van der Waals surface area contributed by atoms with Gasteiger partial charge in [-0.3, -0.25) is 4.79 Å². The second kappa shape index (κ2) is 5.44. The fourth-order valence-corrected chi connectivity index (χ4v) is 2.16. The number of benzene rings is 1. The van der Waals surface area contributed by atoms with Crippen LogP contribution in [0.15, 0.2) is 18.2 Å². The third-order valence-corrected chi connectivity index (χ3v) is 3.28. The van der Waals surface area contributed by atoms with Crippen molar-refractivity contribution in [3.63, 3.8) is 0 Å². The molecule has 0 aromatic heterocycles. The first-order valence-electron chi connectivity index (χ1n) is 6.03. The SMILES string of the molecule is CC1CCNC1C(=O)NCc1cc(F)ccc1F. The van der Waals surface area contributed by atoms with E-state index in [9.17, 15) is 13.6 Å². The van der Waals surface area contributed by atoms with E-state index in [4.69, 9.17) is 0 Å². The molecule has 1 heterocycles. The molecule has 1 aromatic rings. The molecule has 2 atom stereocenters. The van der Waals surface area contributed by atoms with Gasteiger partial charge in [0.15, 0.2) is 0 Å². The average molecular weight is 254 g/mol. The zero-order chi connectivity index (χ0) is 13.1. The molecule has 98 valence electrons. The maximum atomic E-state index is 13.3. The summed E-state index contributed by atoms with van der Waals surface area (Å²) in [6, 6.07) is 2.98. The van der Waals surface area contributed by atoms with Crippen LogP contribution in [0.5, 0.6) is 0 Å². The first-order valence-corrected chi connectivity index (χ1v) is 6.03. The van der Waals surface area contributed by atoms with Crippen LogP contribution in [0.1, 0.15) is 18.9 Å². The van der Waals surface area contributed by atoms with Crippen LogP contribution in [0.3, 0.4) is 0 Å². The molecule has 2 unspecified atom stereocenters. The second-order valence-corrected chi connectivity index (χ2v) is 4.65. The number of rotatable bonds is 3. The van der Waals surface area contributed by atoms with E-state index in [2.05, 4.69) is 10.6 Å². The summed E-state index contributed by atoms with van der Waals surface area (Å²) in [5.74, 6) is -0.914. The lowest BCUT2D eigenvalue weighted by molar-refractivity contribution is -0.123. The number of hydrogen-bond donors (Lipinski definition) is 2. The number of carbonyl (C=O) groups excluding carboxylic acids is 1. The molecule has 1 aliphatic rings. The number of nitrogens with one attached hydrogen (secondary N) is 2. The van der Waals surface area contributed by atoms with Crippen molar-refractivity contribution in [2.45, 2.75) is 25.9 Å². The predicted octanol–water partition coefficient (Wildman–Crippen LogP) is 1.58. The van der Waals surface area contributed by atoms with Gasteiger partial charge in [0, 0.05) is 12.1 Å². The number of hydrogen-bond acceptors (Lipinski definition) is 2. The Morgan fingerprint density at radius 1 is 1.50 bits per heavy atom. The zero-order valence-corrected chi connectivity index (χ0v) is 10.2. The largest absolute Gasteiger partial charge is 0.351 e. The Morgan fingerprint density at radius 3 is 2.94 bits per heavy atom. The molecule has 1 aromatic carbocycles. The highest BCUT2D eigenvalue weighted by Gasteiger charge is 2.28. The smallest absolute Gasteiger partial charge is 0.237 e. The van der Waals surface area contributed by atoms with Crippen LogP contribution < -0.4 is 10.6 Å². The van der Waals surface area contributed by atoms with Crippen molar-refractivity contribution in [1.29, 1.82) is 0 Å². The van der Waals surface area contributed by atoms with Gasteiger partial charge in [0.25, 0.3) is 0 Å². The van der Waals surface area contributed by atoms with E-state index in [0.717, 1.165) is 31.2 Å². The average Bonchev–Trinajstić information content (AvgIpc) is 2.76. The Balaban J connectivity index is 1.95. The molecule has 0 radical (unpaired) electrons. The Bertz CT molecular complexity index is 451. The molecule has 18 heavy (non-hydrogen) atoms. The van der Waals surface area contributed by atoms with Crippen LogP contribution in [0.25, 0.3) is 0 Å². The van der Waals surface area contributed by atoms with Gasteiger partial charge in [-0.1, -0.05) is 6.92 Å². The van der Waals surface area contributed by atoms with Crippen LogP contribution in [0.4, 0.5) is 8.78 Å². The molecular formula is C13H16F2N2O. The summed E-state index contributed by atoms with van der Waals surface area (Å²) in [5.41, 5.74) is 0.161. The maximum absolute atomic E-state index is 13.3. The summed E-state index contributed by atoms with van der Waals surface area (Å²) >= 11 is 0. The Labute approximate surface area is 105 Å². The lowest BCUT2D eigenvalue weighted by atomic mass is 10.0. The van der Waals surface area contributed by atoms with E-state index in [0.29, 0.717) is 0 Å². The summed E-state index contributed by atoms with van der Waals surface area (Å²) in [7, 11) is 0. The molecule has 3 nitrogen and oxygen atoms in total. The molecule has 5 heteroatoms. The summed E-state index contributed by atoms with van der Waals surface area (Å²) in [6.45, 7) is 2.81. The molecule has 1 fully saturated rings. The molecular weight excluding hydrogens is 238 g/mol. The molecule has 2 rings (SSSR count). The number of halogens is 2. The van der Waals surface area contributed by atoms with E-state index in [-0.39, 0.29) is 30.0 Å². The molecule has 2 N–H and O–H groups in total. The molecule has 0 spiro atoms. The number of carbonyl (C=O) groups is 1. The van der Waals surface area contributed by atoms with Gasteiger partial charge in [-0.15, -0.1) is 0 Å². The normalized spacial score (nSPS) is 23.1. The minimum absolute atomic E-state index is 0.00727. The van der Waals surface area contributed by atoms with E-state index >= 15 is 0 Å². The standard InChI is InChI=1S/C13H16F2N2O/c1-8-4-5-16-12(8)13(18)17-7-9-6-10(14)2-3-11(9)15/h2-3,6,8,12,16H,4-5,7H2,1H3,(H,17,18). The van der Waals surface area contributed by atoms with Gasteiger partial charge >= 0.3 is 0 Å². The van der Waals surface area contributed by atoms with Crippen molar-refractivity contribution in [2.75, 3.05) is 6.54 Å². The fraction of sp³-hybridized carbons (Fsp3) is 0.462. The molecule has 0 saturated carbocycles. The lowest BCUT2D eigenvalue weighted by Gasteiger charge is -2.15. The van der Waals surface area contributed by atoms with Gasteiger partial charge in [0.05, 0.1) is 6.04 Å². The predicted molar refractivity (Wildman–Crippen MR) is 63.8 cm³/mol. The van der Waals surface area contributed by atoms with Gasteiger partial charge in [-0.05, 0) is 37.1 Å². The topological polar surface area (TPSA) is 41.1 Å². The first-order chi connectivity index (χ1) is 8.58. The van der Waals surface area contributed by atoms with E-state index in [1.165, 1.54) is 0 Å². The zero-order valence-electron chi connectivity index (χ0n) is 10.2. The minimum atomic E-state index is -0.510. The molecule has 0 aliphatic carbocycles. The van der Waals surface area contributed by atoms with Crippen LogP contribution >= 0.6 is 0 Å². The second-order valence-electron chi connectivity index (χ2n) is 4.65. The van der Waals surface area contributed by atoms with Crippen molar-refractivity contribution >= 4 is 5.91 Å². The fourth-order valence-electron chi connectivity index (χ4n) is 2.16. The van der Waals surface area contributed by atoms with Crippen LogP contribution in [-0.4, -0.2) is 18.5 Å². The van der Waals surface area contributed by atoms with Crippen molar-refractivity contribution in [3.8, 4) is 0 Å². The van der Waals surface area contributed by atoms with Crippen molar-refractivity contribution < 1.29 is 13.6 Å². The summed E-state index contributed by atoms with van der Waals surface area (Å²) < 4.78 is 26.3. The van der Waals surface area contributed by atoms with Crippen LogP contribution in [0.2, 0.25) is 0 Å². The highest BCUT2D eigenvalue weighted by atomic mass is 19.1. The monoisotopic (exact) mass is 254 g/mol. The number of amides is 1. The van der Waals surface area contributed by atoms with Gasteiger partial charge in [-0.2, -0.15) is 0 Å². The molecule has 1 aliphatic heterocycles. The van der Waals surface area contributed by atoms with Crippen molar-refractivity contribution in [2.24, 2.45) is 5.92 Å². The van der Waals surface area contributed by atoms with Crippen molar-refractivity contribution in [1.82, 2.24) is 10.6 Å². The van der Waals surface area contributed by atoms with E-state index < -0.39 is 11.6 Å². The lowest BCUT2D eigenvalue weighted by Crippen LogP contribution is -2.43. The highest BCUT2D eigenvalue weighted by Crippen LogP contribution is 2.15. The van der Waals surface area contributed by atoms with Gasteiger partial charge in [0.2, 0.25) is 5.91 Å². The third-order valence-electron chi connectivity index (χ3n) is 3.28. The quantitative estimate of drug-likeness (QED) is 0.860. The van der Waals surface area contributed by atoms with Crippen LogP contribution in [-0.2, 0) is 11.3 Å². The summed E-state index contributed by atoms with van der Waals surface area (Å²) in [6.07, 6.45) is 0.951. The Hall–Kier alpha value is -1.49. The van der Waals surface area contributed by atoms with Crippen LogP contribution in [0, 0.1) is 17.6 Å². The molecule has 1 saturated heterocycles. The Morgan fingerprint density at radius 2 is 2.28 bits per heavy atom. The maximum Gasteiger partial charge on any atom is 0.237 e. The van der Waals surface area contributed by atoms with Crippen molar-refractivity contribution in [3.05, 3.63) is 35.4 Å². The van der Waals surface area contributed by atoms with Gasteiger partial charge in [0.1, 0.15) is 11.6 Å². The Kier molecular flexibility index (Phi) is 3.91. The minimum Gasteiger partial charge on any atom is -0.351 e. The third kappa shape index (κ3) is 2.85. The van der Waals surface area contributed by atoms with Gasteiger partial charge in [-0.25, -0.2) is 8.78 Å². The van der Waals surface area contributed by atoms with E-state index in [1.54, 1.807) is 0 Å². The summed E-state index contributed by atoms with van der Waals surface area (Å²) in [4.78, 5) is 11.8.